The van der Waals surface area contributed by atoms with Gasteiger partial charge in [0.25, 0.3) is 0 Å². The zero-order valence-corrected chi connectivity index (χ0v) is 16.4. The highest BCUT2D eigenvalue weighted by atomic mass is 16.5. The molecule has 5 aliphatic rings. The summed E-state index contributed by atoms with van der Waals surface area (Å²) in [6, 6.07) is 0. The van der Waals surface area contributed by atoms with E-state index in [1.54, 1.807) is 5.57 Å². The van der Waals surface area contributed by atoms with Crippen molar-refractivity contribution in [2.24, 2.45) is 16.2 Å². The molecule has 138 valence electrons. The van der Waals surface area contributed by atoms with Crippen LogP contribution in [0.3, 0.4) is 0 Å². The molecule has 0 amide bonds. The molecule has 0 aromatic heterocycles. The number of rotatable bonds is 2. The molecule has 1 unspecified atom stereocenters. The minimum absolute atomic E-state index is 0.136. The molecule has 1 spiro atoms. The molecule has 0 aliphatic heterocycles. The Labute approximate surface area is 157 Å². The molecule has 5 aliphatic carbocycles. The summed E-state index contributed by atoms with van der Waals surface area (Å²) in [6.45, 7) is 7.61. The number of allylic oxidation sites excluding steroid dienone is 8. The second-order valence-electron chi connectivity index (χ2n) is 9.41. The first-order valence-corrected chi connectivity index (χ1v) is 10.5. The number of hydrogen-bond acceptors (Lipinski definition) is 2. The highest BCUT2D eigenvalue weighted by molar-refractivity contribution is 5.94. The van der Waals surface area contributed by atoms with E-state index in [9.17, 15) is 4.79 Å². The van der Waals surface area contributed by atoms with E-state index in [0.29, 0.717) is 5.78 Å². The summed E-state index contributed by atoms with van der Waals surface area (Å²) in [4.78, 5) is 13.1. The van der Waals surface area contributed by atoms with Crippen molar-refractivity contribution in [1.29, 1.82) is 0 Å². The molecular weight excluding hydrogens is 320 g/mol. The molecule has 0 saturated heterocycles. The quantitative estimate of drug-likeness (QED) is 0.628. The van der Waals surface area contributed by atoms with Gasteiger partial charge in [0.2, 0.25) is 0 Å². The van der Waals surface area contributed by atoms with E-state index in [1.165, 1.54) is 16.7 Å². The lowest BCUT2D eigenvalue weighted by molar-refractivity contribution is -0.127. The maximum absolute atomic E-state index is 13.1. The average molecular weight is 351 g/mol. The highest BCUT2D eigenvalue weighted by Gasteiger charge is 2.63. The van der Waals surface area contributed by atoms with Crippen molar-refractivity contribution in [3.63, 3.8) is 0 Å². The predicted molar refractivity (Wildman–Crippen MR) is 103 cm³/mol. The van der Waals surface area contributed by atoms with Gasteiger partial charge in [0.15, 0.2) is 0 Å². The summed E-state index contributed by atoms with van der Waals surface area (Å²) in [5.41, 5.74) is 6.18. The summed E-state index contributed by atoms with van der Waals surface area (Å²) >= 11 is 0. The van der Waals surface area contributed by atoms with Crippen LogP contribution in [0.15, 0.2) is 46.3 Å². The molecule has 0 heterocycles. The fraction of sp³-hybridized carbons (Fsp3) is 0.625. The van der Waals surface area contributed by atoms with Crippen LogP contribution in [0.1, 0.15) is 72.1 Å². The van der Waals surface area contributed by atoms with Gasteiger partial charge in [0, 0.05) is 18.3 Å². The second kappa shape index (κ2) is 5.24. The minimum atomic E-state index is -0.158. The molecule has 1 fully saturated rings. The Morgan fingerprint density at radius 1 is 1.08 bits per heavy atom. The van der Waals surface area contributed by atoms with Gasteiger partial charge in [-0.05, 0) is 73.7 Å². The maximum atomic E-state index is 13.1. The summed E-state index contributed by atoms with van der Waals surface area (Å²) in [5, 5.41) is 0. The van der Waals surface area contributed by atoms with E-state index >= 15 is 0 Å². The monoisotopic (exact) mass is 350 g/mol. The number of carbonyl (C=O) groups excluding carboxylic acids is 1. The van der Waals surface area contributed by atoms with Crippen molar-refractivity contribution in [2.75, 3.05) is 6.61 Å². The summed E-state index contributed by atoms with van der Waals surface area (Å²) < 4.78 is 5.81. The fourth-order valence-electron chi connectivity index (χ4n) is 6.87. The lowest BCUT2D eigenvalue weighted by Crippen LogP contribution is -2.43. The van der Waals surface area contributed by atoms with Gasteiger partial charge in [-0.3, -0.25) is 4.79 Å². The Kier molecular flexibility index (Phi) is 3.34. The normalized spacial score (nSPS) is 40.9. The standard InChI is InChI=1S/C24H30O2/c1-4-26-17-7-13-23(3)16(15-17)5-6-18-19(23)9-14-24-20(18)8-11-22(24,2)12-10-21(24)25/h5,8,15H,4,6-7,9-14H2,1-3H3/t22-,23?,24+/m0/s1. The number of ketones is 1. The van der Waals surface area contributed by atoms with Crippen LogP contribution >= 0.6 is 0 Å². The smallest absolute Gasteiger partial charge is 0.143 e. The predicted octanol–water partition coefficient (Wildman–Crippen LogP) is 5.81. The molecule has 3 atom stereocenters. The van der Waals surface area contributed by atoms with Crippen LogP contribution < -0.4 is 0 Å². The molecule has 0 N–H and O–H groups in total. The molecule has 1 saturated carbocycles. The first-order chi connectivity index (χ1) is 12.4. The molecular formula is C24H30O2. The van der Waals surface area contributed by atoms with Crippen molar-refractivity contribution >= 4 is 5.78 Å². The summed E-state index contributed by atoms with van der Waals surface area (Å²) in [7, 11) is 0. The SMILES string of the molecule is CCOC1=CC2=CCC3=C(CC[C@@]45C(=O)CC[C@]4(C)CC=C35)C2(C)CC1. The maximum Gasteiger partial charge on any atom is 0.143 e. The Bertz CT molecular complexity index is 823. The zero-order valence-electron chi connectivity index (χ0n) is 16.4. The first-order valence-electron chi connectivity index (χ1n) is 10.5. The molecule has 0 bridgehead atoms. The van der Waals surface area contributed by atoms with E-state index in [4.69, 9.17) is 4.74 Å². The van der Waals surface area contributed by atoms with Crippen LogP contribution in [0.2, 0.25) is 0 Å². The molecule has 2 heteroatoms. The number of Topliss-reactive ketones (excluding diaryl/α,β-unsaturated/α-hetero) is 1. The van der Waals surface area contributed by atoms with Gasteiger partial charge < -0.3 is 4.74 Å². The van der Waals surface area contributed by atoms with Gasteiger partial charge in [-0.1, -0.05) is 31.6 Å². The van der Waals surface area contributed by atoms with E-state index in [1.807, 2.05) is 0 Å². The largest absolute Gasteiger partial charge is 0.498 e. The number of hydrogen-bond donors (Lipinski definition) is 0. The Morgan fingerprint density at radius 2 is 1.92 bits per heavy atom. The Hall–Kier alpha value is -1.57. The van der Waals surface area contributed by atoms with E-state index < -0.39 is 0 Å². The third kappa shape index (κ3) is 1.81. The van der Waals surface area contributed by atoms with Crippen molar-refractivity contribution in [3.8, 4) is 0 Å². The van der Waals surface area contributed by atoms with Gasteiger partial charge in [0.05, 0.1) is 17.8 Å². The van der Waals surface area contributed by atoms with Crippen LogP contribution in [0.5, 0.6) is 0 Å². The highest BCUT2D eigenvalue weighted by Crippen LogP contribution is 2.69. The Balaban J connectivity index is 1.58. The van der Waals surface area contributed by atoms with Crippen LogP contribution in [-0.2, 0) is 9.53 Å². The number of carbonyl (C=O) groups is 1. The van der Waals surface area contributed by atoms with E-state index in [2.05, 4.69) is 39.0 Å². The van der Waals surface area contributed by atoms with Crippen molar-refractivity contribution in [1.82, 2.24) is 0 Å². The molecule has 2 nitrogen and oxygen atoms in total. The third-order valence-corrected chi connectivity index (χ3v) is 8.41. The van der Waals surface area contributed by atoms with Crippen LogP contribution in [0, 0.1) is 16.2 Å². The summed E-state index contributed by atoms with van der Waals surface area (Å²) in [6.07, 6.45) is 15.4. The van der Waals surface area contributed by atoms with Crippen molar-refractivity contribution < 1.29 is 9.53 Å². The molecule has 0 radical (unpaired) electrons. The van der Waals surface area contributed by atoms with Gasteiger partial charge >= 0.3 is 0 Å². The van der Waals surface area contributed by atoms with E-state index in [0.717, 1.165) is 63.7 Å². The van der Waals surface area contributed by atoms with Crippen LogP contribution in [0.25, 0.3) is 0 Å². The zero-order chi connectivity index (χ0) is 18.2. The number of fused-ring (bicyclic) bond motifs is 3. The number of ether oxygens (including phenoxy) is 1. The van der Waals surface area contributed by atoms with Crippen molar-refractivity contribution in [3.05, 3.63) is 46.3 Å². The van der Waals surface area contributed by atoms with Gasteiger partial charge in [-0.15, -0.1) is 0 Å². The molecule has 0 aromatic carbocycles. The van der Waals surface area contributed by atoms with Crippen LogP contribution in [0.4, 0.5) is 0 Å². The van der Waals surface area contributed by atoms with Gasteiger partial charge in [-0.25, -0.2) is 0 Å². The second-order valence-corrected chi connectivity index (χ2v) is 9.41. The summed E-state index contributed by atoms with van der Waals surface area (Å²) in [5.74, 6) is 1.67. The first kappa shape index (κ1) is 16.6. The molecule has 5 rings (SSSR count). The molecule has 0 aromatic rings. The van der Waals surface area contributed by atoms with E-state index in [-0.39, 0.29) is 16.2 Å². The average Bonchev–Trinajstić information content (AvgIpc) is 3.06. The van der Waals surface area contributed by atoms with Gasteiger partial charge in [0.1, 0.15) is 5.78 Å². The van der Waals surface area contributed by atoms with Crippen LogP contribution in [-0.4, -0.2) is 12.4 Å². The topological polar surface area (TPSA) is 26.3 Å². The lowest BCUT2D eigenvalue weighted by atomic mass is 9.53. The van der Waals surface area contributed by atoms with Gasteiger partial charge in [-0.2, -0.15) is 0 Å². The fourth-order valence-corrected chi connectivity index (χ4v) is 6.87. The Morgan fingerprint density at radius 3 is 2.73 bits per heavy atom. The lowest BCUT2D eigenvalue weighted by Gasteiger charge is -2.49. The molecule has 26 heavy (non-hydrogen) atoms. The minimum Gasteiger partial charge on any atom is -0.498 e. The van der Waals surface area contributed by atoms with Crippen molar-refractivity contribution in [2.45, 2.75) is 72.1 Å². The third-order valence-electron chi connectivity index (χ3n) is 8.41.